The Morgan fingerprint density at radius 1 is 1.20 bits per heavy atom. The Kier molecular flexibility index (Phi) is 3.94. The summed E-state index contributed by atoms with van der Waals surface area (Å²) in [5, 5.41) is 13.5. The van der Waals surface area contributed by atoms with Crippen LogP contribution in [-0.4, -0.2) is 11.7 Å². The molecule has 1 aliphatic heterocycles. The predicted octanol–water partition coefficient (Wildman–Crippen LogP) is 3.77. The second kappa shape index (κ2) is 5.85. The summed E-state index contributed by atoms with van der Waals surface area (Å²) in [5.74, 6) is 1.26. The predicted molar refractivity (Wildman–Crippen MR) is 81.9 cm³/mol. The zero-order valence-corrected chi connectivity index (χ0v) is 12.6. The lowest BCUT2D eigenvalue weighted by Crippen LogP contribution is -2.26. The van der Waals surface area contributed by atoms with E-state index in [1.165, 1.54) is 5.56 Å². The van der Waals surface area contributed by atoms with Gasteiger partial charge in [0.05, 0.1) is 11.1 Å². The summed E-state index contributed by atoms with van der Waals surface area (Å²) in [6.07, 6.45) is 0.936. The van der Waals surface area contributed by atoms with Crippen LogP contribution < -0.4 is 10.1 Å². The van der Waals surface area contributed by atoms with Gasteiger partial charge in [-0.1, -0.05) is 30.3 Å². The van der Waals surface area contributed by atoms with E-state index in [-0.39, 0.29) is 6.04 Å². The number of para-hydroxylation sites is 2. The molecule has 0 aromatic heterocycles. The van der Waals surface area contributed by atoms with Crippen LogP contribution in [0, 0.1) is 0 Å². The molecule has 0 aliphatic carbocycles. The Hall–Kier alpha value is -1.52. The fourth-order valence-electron chi connectivity index (χ4n) is 2.49. The first-order valence-electron chi connectivity index (χ1n) is 6.67. The highest BCUT2D eigenvalue weighted by Gasteiger charge is 2.20. The fourth-order valence-corrected chi connectivity index (χ4v) is 2.90. The Morgan fingerprint density at radius 2 is 2.05 bits per heavy atom. The van der Waals surface area contributed by atoms with E-state index in [0.717, 1.165) is 28.8 Å². The van der Waals surface area contributed by atoms with E-state index in [9.17, 15) is 5.11 Å². The first-order valence-corrected chi connectivity index (χ1v) is 7.46. The van der Waals surface area contributed by atoms with E-state index in [4.69, 9.17) is 4.74 Å². The van der Waals surface area contributed by atoms with E-state index < -0.39 is 0 Å². The molecule has 0 saturated heterocycles. The lowest BCUT2D eigenvalue weighted by molar-refractivity contribution is 0.252. The first kappa shape index (κ1) is 13.5. The molecule has 3 nitrogen and oxygen atoms in total. The number of phenols is 1. The standard InChI is InChI=1S/C16H16BrNO2/c17-13-6-3-4-11(16(13)19)10-18-14-8-9-20-15-7-2-1-5-12(14)15/h1-7,14,18-19H,8-10H2. The van der Waals surface area contributed by atoms with Crippen LogP contribution in [0.25, 0.3) is 0 Å². The largest absolute Gasteiger partial charge is 0.506 e. The van der Waals surface area contributed by atoms with Crippen LogP contribution in [0.15, 0.2) is 46.9 Å². The number of nitrogens with one attached hydrogen (secondary N) is 1. The Balaban J connectivity index is 1.75. The zero-order chi connectivity index (χ0) is 13.9. The maximum atomic E-state index is 10.0. The molecule has 1 unspecified atom stereocenters. The molecule has 2 N–H and O–H groups in total. The average molecular weight is 334 g/mol. The third-order valence-electron chi connectivity index (χ3n) is 3.57. The van der Waals surface area contributed by atoms with E-state index in [2.05, 4.69) is 27.3 Å². The monoisotopic (exact) mass is 333 g/mol. The number of halogens is 1. The lowest BCUT2D eigenvalue weighted by atomic mass is 10.0. The van der Waals surface area contributed by atoms with Gasteiger partial charge in [-0.15, -0.1) is 0 Å². The van der Waals surface area contributed by atoms with E-state index in [0.29, 0.717) is 12.3 Å². The molecule has 20 heavy (non-hydrogen) atoms. The van der Waals surface area contributed by atoms with Crippen molar-refractivity contribution in [1.82, 2.24) is 5.32 Å². The van der Waals surface area contributed by atoms with Crippen molar-refractivity contribution in [2.24, 2.45) is 0 Å². The molecular formula is C16H16BrNO2. The maximum absolute atomic E-state index is 10.0. The molecule has 0 fully saturated rings. The topological polar surface area (TPSA) is 41.5 Å². The second-order valence-electron chi connectivity index (χ2n) is 4.86. The van der Waals surface area contributed by atoms with Gasteiger partial charge >= 0.3 is 0 Å². The molecule has 4 heteroatoms. The fraction of sp³-hybridized carbons (Fsp3) is 0.250. The summed E-state index contributed by atoms with van der Waals surface area (Å²) in [5.41, 5.74) is 2.08. The third kappa shape index (κ3) is 2.67. The van der Waals surface area contributed by atoms with E-state index >= 15 is 0 Å². The van der Waals surface area contributed by atoms with Gasteiger partial charge in [-0.25, -0.2) is 0 Å². The molecule has 1 aliphatic rings. The van der Waals surface area contributed by atoms with Crippen LogP contribution in [0.1, 0.15) is 23.6 Å². The van der Waals surface area contributed by atoms with E-state index in [1.807, 2.05) is 36.4 Å². The quantitative estimate of drug-likeness (QED) is 0.898. The Labute approximate surface area is 126 Å². The van der Waals surface area contributed by atoms with Crippen molar-refractivity contribution in [3.05, 3.63) is 58.1 Å². The van der Waals surface area contributed by atoms with E-state index in [1.54, 1.807) is 0 Å². The van der Waals surface area contributed by atoms with Gasteiger partial charge in [-0.2, -0.15) is 0 Å². The Morgan fingerprint density at radius 3 is 2.95 bits per heavy atom. The van der Waals surface area contributed by atoms with Crippen LogP contribution in [0.2, 0.25) is 0 Å². The summed E-state index contributed by atoms with van der Waals surface area (Å²) in [6, 6.07) is 14.1. The number of phenolic OH excluding ortho intramolecular Hbond substituents is 1. The van der Waals surface area contributed by atoms with Gasteiger partial charge in [0, 0.05) is 30.1 Å². The van der Waals surface area contributed by atoms with Crippen LogP contribution in [0.4, 0.5) is 0 Å². The molecule has 1 atom stereocenters. The van der Waals surface area contributed by atoms with Gasteiger partial charge in [0.25, 0.3) is 0 Å². The summed E-state index contributed by atoms with van der Waals surface area (Å²) in [6.45, 7) is 1.35. The minimum Gasteiger partial charge on any atom is -0.506 e. The number of aromatic hydroxyl groups is 1. The SMILES string of the molecule is Oc1c(Br)cccc1CNC1CCOc2ccccc21. The number of fused-ring (bicyclic) bond motifs is 1. The van der Waals surface area contributed by atoms with Crippen molar-refractivity contribution in [2.75, 3.05) is 6.61 Å². The summed E-state index contributed by atoms with van der Waals surface area (Å²) in [4.78, 5) is 0. The normalized spacial score (nSPS) is 17.4. The molecule has 0 bridgehead atoms. The molecule has 2 aromatic carbocycles. The number of ether oxygens (including phenoxy) is 1. The summed E-state index contributed by atoms with van der Waals surface area (Å²) < 4.78 is 6.38. The minimum atomic E-state index is 0.262. The lowest BCUT2D eigenvalue weighted by Gasteiger charge is -2.27. The number of rotatable bonds is 3. The smallest absolute Gasteiger partial charge is 0.134 e. The van der Waals surface area contributed by atoms with Crippen molar-refractivity contribution < 1.29 is 9.84 Å². The molecule has 2 aromatic rings. The molecule has 0 amide bonds. The van der Waals surface area contributed by atoms with Crippen molar-refractivity contribution in [2.45, 2.75) is 19.0 Å². The molecule has 0 spiro atoms. The van der Waals surface area contributed by atoms with Crippen LogP contribution in [0.3, 0.4) is 0 Å². The summed E-state index contributed by atoms with van der Waals surface area (Å²) in [7, 11) is 0. The third-order valence-corrected chi connectivity index (χ3v) is 4.21. The van der Waals surface area contributed by atoms with Gasteiger partial charge in [-0.3, -0.25) is 0 Å². The minimum absolute atomic E-state index is 0.262. The number of hydrogen-bond donors (Lipinski definition) is 2. The van der Waals surface area contributed by atoms with Crippen LogP contribution in [0.5, 0.6) is 11.5 Å². The zero-order valence-electron chi connectivity index (χ0n) is 11.0. The molecular weight excluding hydrogens is 318 g/mol. The van der Waals surface area contributed by atoms with Gasteiger partial charge in [0.15, 0.2) is 0 Å². The average Bonchev–Trinajstić information content (AvgIpc) is 2.49. The number of benzene rings is 2. The van der Waals surface area contributed by atoms with Gasteiger partial charge in [0.2, 0.25) is 0 Å². The van der Waals surface area contributed by atoms with Crippen molar-refractivity contribution in [3.63, 3.8) is 0 Å². The summed E-state index contributed by atoms with van der Waals surface area (Å²) >= 11 is 3.34. The highest BCUT2D eigenvalue weighted by molar-refractivity contribution is 9.10. The maximum Gasteiger partial charge on any atom is 0.134 e. The highest BCUT2D eigenvalue weighted by atomic mass is 79.9. The molecule has 0 saturated carbocycles. The van der Waals surface area contributed by atoms with Crippen LogP contribution >= 0.6 is 15.9 Å². The van der Waals surface area contributed by atoms with Gasteiger partial charge in [0.1, 0.15) is 11.5 Å². The van der Waals surface area contributed by atoms with Crippen molar-refractivity contribution in [1.29, 1.82) is 0 Å². The van der Waals surface area contributed by atoms with Crippen molar-refractivity contribution in [3.8, 4) is 11.5 Å². The Bertz CT molecular complexity index is 615. The van der Waals surface area contributed by atoms with Gasteiger partial charge < -0.3 is 15.2 Å². The highest BCUT2D eigenvalue weighted by Crippen LogP contribution is 2.33. The molecule has 0 radical (unpaired) electrons. The first-order chi connectivity index (χ1) is 9.75. The van der Waals surface area contributed by atoms with Gasteiger partial charge in [-0.05, 0) is 28.1 Å². The molecule has 1 heterocycles. The molecule has 3 rings (SSSR count). The molecule has 104 valence electrons. The van der Waals surface area contributed by atoms with Crippen LogP contribution in [-0.2, 0) is 6.54 Å². The number of hydrogen-bond acceptors (Lipinski definition) is 3. The van der Waals surface area contributed by atoms with Crippen molar-refractivity contribution >= 4 is 15.9 Å². The second-order valence-corrected chi connectivity index (χ2v) is 5.71.